The highest BCUT2D eigenvalue weighted by Crippen LogP contribution is 2.27. The maximum atomic E-state index is 10.9. The van der Waals surface area contributed by atoms with Crippen molar-refractivity contribution in [1.82, 2.24) is 0 Å². The number of aliphatic carboxylic acids is 1. The first-order chi connectivity index (χ1) is 6.10. The van der Waals surface area contributed by atoms with Gasteiger partial charge in [0.05, 0.1) is 20.1 Å². The van der Waals surface area contributed by atoms with Gasteiger partial charge in [-0.2, -0.15) is 10.2 Å². The molecule has 1 unspecified atom stereocenters. The van der Waals surface area contributed by atoms with Crippen molar-refractivity contribution in [2.75, 3.05) is 13.7 Å². The summed E-state index contributed by atoms with van der Waals surface area (Å²) in [6.45, 7) is 0.350. The zero-order chi connectivity index (χ0) is 9.90. The number of carboxylic acids is 1. The Labute approximate surface area is 74.6 Å². The van der Waals surface area contributed by atoms with Crippen LogP contribution in [0.4, 0.5) is 0 Å². The SMILES string of the molecule is COC(=O)CC1(C(=O)O)CCN=N1. The summed E-state index contributed by atoms with van der Waals surface area (Å²) in [6.07, 6.45) is 0.0137. The van der Waals surface area contributed by atoms with Crippen molar-refractivity contribution in [3.8, 4) is 0 Å². The van der Waals surface area contributed by atoms with E-state index < -0.39 is 17.5 Å². The van der Waals surface area contributed by atoms with Gasteiger partial charge in [-0.1, -0.05) is 0 Å². The minimum absolute atomic E-state index is 0.248. The standard InChI is InChI=1S/C7H10N2O4/c1-13-5(10)4-7(6(11)12)2-3-8-9-7/h2-4H2,1H3,(H,11,12). The van der Waals surface area contributed by atoms with Gasteiger partial charge < -0.3 is 9.84 Å². The number of methoxy groups -OCH3 is 1. The van der Waals surface area contributed by atoms with Crippen LogP contribution in [0.25, 0.3) is 0 Å². The molecule has 0 saturated carbocycles. The zero-order valence-electron chi connectivity index (χ0n) is 7.19. The highest BCUT2D eigenvalue weighted by Gasteiger charge is 2.43. The lowest BCUT2D eigenvalue weighted by Crippen LogP contribution is -2.37. The van der Waals surface area contributed by atoms with Gasteiger partial charge in [-0.3, -0.25) is 4.79 Å². The Morgan fingerprint density at radius 1 is 1.62 bits per heavy atom. The maximum Gasteiger partial charge on any atom is 0.334 e. The Kier molecular flexibility index (Phi) is 2.60. The Balaban J connectivity index is 2.74. The third-order valence-corrected chi connectivity index (χ3v) is 1.95. The molecule has 0 fully saturated rings. The predicted molar refractivity (Wildman–Crippen MR) is 41.3 cm³/mol. The molecule has 6 heteroatoms. The van der Waals surface area contributed by atoms with Crippen molar-refractivity contribution in [3.63, 3.8) is 0 Å². The van der Waals surface area contributed by atoms with Crippen LogP contribution in [0.15, 0.2) is 10.2 Å². The quantitative estimate of drug-likeness (QED) is 0.639. The fraction of sp³-hybridized carbons (Fsp3) is 0.714. The number of nitrogens with zero attached hydrogens (tertiary/aromatic N) is 2. The fourth-order valence-electron chi connectivity index (χ4n) is 1.13. The van der Waals surface area contributed by atoms with Crippen LogP contribution >= 0.6 is 0 Å². The minimum atomic E-state index is -1.38. The molecule has 72 valence electrons. The first kappa shape index (κ1) is 9.63. The van der Waals surface area contributed by atoms with Gasteiger partial charge in [0.2, 0.25) is 0 Å². The van der Waals surface area contributed by atoms with Crippen molar-refractivity contribution >= 4 is 11.9 Å². The van der Waals surface area contributed by atoms with Crippen LogP contribution in [0.5, 0.6) is 0 Å². The molecule has 1 heterocycles. The van der Waals surface area contributed by atoms with E-state index in [-0.39, 0.29) is 12.8 Å². The summed E-state index contributed by atoms with van der Waals surface area (Å²) in [7, 11) is 1.21. The number of carboxylic acid groups (broad SMARTS) is 1. The lowest BCUT2D eigenvalue weighted by molar-refractivity contribution is -0.151. The van der Waals surface area contributed by atoms with Crippen LogP contribution < -0.4 is 0 Å². The van der Waals surface area contributed by atoms with Gasteiger partial charge in [0.15, 0.2) is 5.54 Å². The Hall–Kier alpha value is -1.46. The average Bonchev–Trinajstić information content (AvgIpc) is 2.54. The predicted octanol–water partition coefficient (Wildman–Crippen LogP) is 0.229. The van der Waals surface area contributed by atoms with Gasteiger partial charge in [0.1, 0.15) is 0 Å². The van der Waals surface area contributed by atoms with Crippen LogP contribution in [-0.2, 0) is 14.3 Å². The molecule has 0 aromatic rings. The van der Waals surface area contributed by atoms with Gasteiger partial charge in [0.25, 0.3) is 0 Å². The van der Waals surface area contributed by atoms with Crippen LogP contribution in [0.3, 0.4) is 0 Å². The van der Waals surface area contributed by atoms with Gasteiger partial charge in [0, 0.05) is 6.42 Å². The number of ether oxygens (including phenoxy) is 1. The molecule has 0 aromatic carbocycles. The summed E-state index contributed by atoms with van der Waals surface area (Å²) < 4.78 is 4.38. The minimum Gasteiger partial charge on any atom is -0.479 e. The maximum absolute atomic E-state index is 10.9. The lowest BCUT2D eigenvalue weighted by atomic mass is 9.93. The van der Waals surface area contributed by atoms with Gasteiger partial charge >= 0.3 is 11.9 Å². The summed E-state index contributed by atoms with van der Waals surface area (Å²) in [6, 6.07) is 0. The zero-order valence-corrected chi connectivity index (χ0v) is 7.19. The second-order valence-electron chi connectivity index (χ2n) is 2.80. The Morgan fingerprint density at radius 3 is 2.69 bits per heavy atom. The molecule has 0 amide bonds. The number of rotatable bonds is 3. The normalized spacial score (nSPS) is 25.9. The number of carbonyl (C=O) groups excluding carboxylic acids is 1. The van der Waals surface area contributed by atoms with Gasteiger partial charge in [-0.15, -0.1) is 0 Å². The number of esters is 1. The van der Waals surface area contributed by atoms with Crippen molar-refractivity contribution in [1.29, 1.82) is 0 Å². The van der Waals surface area contributed by atoms with E-state index in [1.165, 1.54) is 7.11 Å². The van der Waals surface area contributed by atoms with E-state index in [1.807, 2.05) is 0 Å². The number of azo groups is 1. The highest BCUT2D eigenvalue weighted by atomic mass is 16.5. The first-order valence-corrected chi connectivity index (χ1v) is 3.79. The molecule has 0 aliphatic carbocycles. The molecule has 0 aromatic heterocycles. The molecule has 1 aliphatic rings. The fourth-order valence-corrected chi connectivity index (χ4v) is 1.13. The van der Waals surface area contributed by atoms with E-state index in [1.54, 1.807) is 0 Å². The molecule has 0 saturated heterocycles. The molecule has 1 aliphatic heterocycles. The van der Waals surface area contributed by atoms with Crippen molar-refractivity contribution in [2.24, 2.45) is 10.2 Å². The van der Waals surface area contributed by atoms with Crippen LogP contribution in [0.1, 0.15) is 12.8 Å². The van der Waals surface area contributed by atoms with Crippen LogP contribution in [0, 0.1) is 0 Å². The Morgan fingerprint density at radius 2 is 2.31 bits per heavy atom. The highest BCUT2D eigenvalue weighted by molar-refractivity contribution is 5.86. The smallest absolute Gasteiger partial charge is 0.334 e. The molecule has 1 rings (SSSR count). The summed E-state index contributed by atoms with van der Waals surface area (Å²) in [5.41, 5.74) is -1.38. The second kappa shape index (κ2) is 3.51. The van der Waals surface area contributed by atoms with Gasteiger partial charge in [-0.25, -0.2) is 4.79 Å². The van der Waals surface area contributed by atoms with Crippen LogP contribution in [0.2, 0.25) is 0 Å². The summed E-state index contributed by atoms with van der Waals surface area (Å²) in [5.74, 6) is -1.71. The molecule has 13 heavy (non-hydrogen) atoms. The van der Waals surface area contributed by atoms with Crippen molar-refractivity contribution < 1.29 is 19.4 Å². The monoisotopic (exact) mass is 186 g/mol. The summed E-state index contributed by atoms with van der Waals surface area (Å²) in [4.78, 5) is 21.7. The number of hydrogen-bond acceptors (Lipinski definition) is 5. The molecular weight excluding hydrogens is 176 g/mol. The van der Waals surface area contributed by atoms with E-state index in [4.69, 9.17) is 5.11 Å². The average molecular weight is 186 g/mol. The third kappa shape index (κ3) is 1.82. The Bertz CT molecular complexity index is 263. The van der Waals surface area contributed by atoms with E-state index >= 15 is 0 Å². The molecule has 0 radical (unpaired) electrons. The second-order valence-corrected chi connectivity index (χ2v) is 2.80. The topological polar surface area (TPSA) is 88.3 Å². The lowest BCUT2D eigenvalue weighted by Gasteiger charge is -2.16. The molecule has 1 N–H and O–H groups in total. The molecular formula is C7H10N2O4. The van der Waals surface area contributed by atoms with Gasteiger partial charge in [-0.05, 0) is 0 Å². The largest absolute Gasteiger partial charge is 0.479 e. The third-order valence-electron chi connectivity index (χ3n) is 1.95. The van der Waals surface area contributed by atoms with Crippen molar-refractivity contribution in [2.45, 2.75) is 18.4 Å². The molecule has 0 bridgehead atoms. The first-order valence-electron chi connectivity index (χ1n) is 3.79. The van der Waals surface area contributed by atoms with E-state index in [9.17, 15) is 9.59 Å². The summed E-state index contributed by atoms with van der Waals surface area (Å²) >= 11 is 0. The number of carbonyl (C=O) groups is 2. The molecule has 0 spiro atoms. The van der Waals surface area contributed by atoms with E-state index in [0.29, 0.717) is 6.54 Å². The summed E-state index contributed by atoms with van der Waals surface area (Å²) in [5, 5.41) is 16.0. The van der Waals surface area contributed by atoms with E-state index in [2.05, 4.69) is 15.0 Å². The molecule has 6 nitrogen and oxygen atoms in total. The van der Waals surface area contributed by atoms with E-state index in [0.717, 1.165) is 0 Å². The van der Waals surface area contributed by atoms with Crippen LogP contribution in [-0.4, -0.2) is 36.2 Å². The molecule has 1 atom stereocenters. The number of hydrogen-bond donors (Lipinski definition) is 1. The van der Waals surface area contributed by atoms with Crippen molar-refractivity contribution in [3.05, 3.63) is 0 Å².